The number of rotatable bonds is 6. The van der Waals surface area contributed by atoms with E-state index >= 15 is 0 Å². The highest BCUT2D eigenvalue weighted by atomic mass is 16.5. The van der Waals surface area contributed by atoms with Crippen LogP contribution in [0.25, 0.3) is 6.08 Å². The Hall–Kier alpha value is -3.19. The van der Waals surface area contributed by atoms with Crippen molar-refractivity contribution in [2.75, 3.05) is 27.9 Å². The number of carbonyl (C=O) groups is 1. The number of esters is 1. The van der Waals surface area contributed by atoms with Crippen LogP contribution in [0.3, 0.4) is 0 Å². The first-order valence-corrected chi connectivity index (χ1v) is 8.64. The van der Waals surface area contributed by atoms with E-state index in [9.17, 15) is 15.0 Å². The number of fused-ring (bicyclic) bond motifs is 1. The van der Waals surface area contributed by atoms with Gasteiger partial charge in [-0.15, -0.1) is 0 Å². The van der Waals surface area contributed by atoms with Gasteiger partial charge in [-0.3, -0.25) is 0 Å². The SMILES string of the molecule is COC(=O)/C=C\c1cc(OC)c2c(c1)C(CO)C(c1ccc(O)c(OC)c1)O2. The Kier molecular flexibility index (Phi) is 5.75. The van der Waals surface area contributed by atoms with Crippen molar-refractivity contribution in [3.05, 3.63) is 53.1 Å². The van der Waals surface area contributed by atoms with Crippen LogP contribution in [0.4, 0.5) is 0 Å². The molecule has 148 valence electrons. The Labute approximate surface area is 162 Å². The van der Waals surface area contributed by atoms with Gasteiger partial charge in [0.2, 0.25) is 0 Å². The summed E-state index contributed by atoms with van der Waals surface area (Å²) in [5.41, 5.74) is 2.23. The van der Waals surface area contributed by atoms with Crippen LogP contribution in [0, 0.1) is 0 Å². The van der Waals surface area contributed by atoms with Crippen LogP contribution < -0.4 is 14.2 Å². The van der Waals surface area contributed by atoms with E-state index in [1.165, 1.54) is 33.5 Å². The van der Waals surface area contributed by atoms with E-state index in [-0.39, 0.29) is 18.3 Å². The molecule has 2 aromatic carbocycles. The average molecular weight is 386 g/mol. The summed E-state index contributed by atoms with van der Waals surface area (Å²) in [5.74, 6) is 0.549. The van der Waals surface area contributed by atoms with Gasteiger partial charge in [0.15, 0.2) is 23.0 Å². The minimum atomic E-state index is -0.483. The summed E-state index contributed by atoms with van der Waals surface area (Å²) in [6.07, 6.45) is 2.44. The Morgan fingerprint density at radius 3 is 2.54 bits per heavy atom. The molecular weight excluding hydrogens is 364 g/mol. The molecule has 1 aliphatic rings. The lowest BCUT2D eigenvalue weighted by atomic mass is 9.90. The summed E-state index contributed by atoms with van der Waals surface area (Å²) < 4.78 is 21.4. The van der Waals surface area contributed by atoms with Crippen LogP contribution in [0.2, 0.25) is 0 Å². The second kappa shape index (κ2) is 8.22. The number of benzene rings is 2. The van der Waals surface area contributed by atoms with Gasteiger partial charge in [0.25, 0.3) is 0 Å². The maximum absolute atomic E-state index is 11.4. The third-order valence-electron chi connectivity index (χ3n) is 4.68. The lowest BCUT2D eigenvalue weighted by Gasteiger charge is -2.18. The number of aliphatic hydroxyl groups is 1. The predicted octanol–water partition coefficient (Wildman–Crippen LogP) is 2.81. The van der Waals surface area contributed by atoms with Crippen LogP contribution in [0.15, 0.2) is 36.4 Å². The van der Waals surface area contributed by atoms with Gasteiger partial charge >= 0.3 is 5.97 Å². The molecule has 7 heteroatoms. The predicted molar refractivity (Wildman–Crippen MR) is 102 cm³/mol. The molecule has 0 radical (unpaired) electrons. The zero-order valence-corrected chi connectivity index (χ0v) is 15.8. The summed E-state index contributed by atoms with van der Waals surface area (Å²) in [6, 6.07) is 8.51. The van der Waals surface area contributed by atoms with Gasteiger partial charge in [0.05, 0.1) is 33.9 Å². The molecule has 2 atom stereocenters. The third kappa shape index (κ3) is 3.61. The molecule has 0 saturated carbocycles. The number of hydrogen-bond donors (Lipinski definition) is 2. The largest absolute Gasteiger partial charge is 0.504 e. The Bertz CT molecular complexity index is 904. The molecule has 0 bridgehead atoms. The molecule has 0 amide bonds. The van der Waals surface area contributed by atoms with Gasteiger partial charge in [-0.05, 0) is 41.5 Å². The van der Waals surface area contributed by atoms with Crippen LogP contribution in [-0.4, -0.2) is 44.1 Å². The van der Waals surface area contributed by atoms with Crippen molar-refractivity contribution >= 4 is 12.0 Å². The maximum atomic E-state index is 11.4. The number of ether oxygens (including phenoxy) is 4. The zero-order chi connectivity index (χ0) is 20.3. The number of aliphatic hydroxyl groups excluding tert-OH is 1. The summed E-state index contributed by atoms with van der Waals surface area (Å²) >= 11 is 0. The Morgan fingerprint density at radius 1 is 1.14 bits per heavy atom. The summed E-state index contributed by atoms with van der Waals surface area (Å²) in [6.45, 7) is -0.159. The van der Waals surface area contributed by atoms with E-state index in [2.05, 4.69) is 4.74 Å². The summed E-state index contributed by atoms with van der Waals surface area (Å²) in [4.78, 5) is 11.4. The third-order valence-corrected chi connectivity index (χ3v) is 4.68. The van der Waals surface area contributed by atoms with Crippen LogP contribution in [-0.2, 0) is 9.53 Å². The molecule has 0 aliphatic carbocycles. The molecule has 0 fully saturated rings. The van der Waals surface area contributed by atoms with Crippen molar-refractivity contribution in [2.45, 2.75) is 12.0 Å². The van der Waals surface area contributed by atoms with Crippen molar-refractivity contribution in [1.82, 2.24) is 0 Å². The van der Waals surface area contributed by atoms with Crippen molar-refractivity contribution in [3.63, 3.8) is 0 Å². The van der Waals surface area contributed by atoms with E-state index in [1.54, 1.807) is 24.3 Å². The number of methoxy groups -OCH3 is 3. The van der Waals surface area contributed by atoms with E-state index in [1.807, 2.05) is 6.07 Å². The molecule has 1 aliphatic heterocycles. The van der Waals surface area contributed by atoms with Gasteiger partial charge in [0.1, 0.15) is 6.10 Å². The van der Waals surface area contributed by atoms with Gasteiger partial charge in [-0.25, -0.2) is 4.79 Å². The molecular formula is C21H22O7. The number of carbonyl (C=O) groups excluding carboxylic acids is 1. The first-order valence-electron chi connectivity index (χ1n) is 8.64. The number of hydrogen-bond acceptors (Lipinski definition) is 7. The van der Waals surface area contributed by atoms with Gasteiger partial charge in [-0.2, -0.15) is 0 Å². The molecule has 2 N–H and O–H groups in total. The highest BCUT2D eigenvalue weighted by Gasteiger charge is 2.37. The van der Waals surface area contributed by atoms with E-state index < -0.39 is 12.1 Å². The minimum absolute atomic E-state index is 0.0233. The quantitative estimate of drug-likeness (QED) is 0.582. The van der Waals surface area contributed by atoms with Gasteiger partial charge < -0.3 is 29.2 Å². The van der Waals surface area contributed by atoms with Gasteiger partial charge in [0, 0.05) is 11.6 Å². The maximum Gasteiger partial charge on any atom is 0.330 e. The van der Waals surface area contributed by atoms with Crippen LogP contribution in [0.1, 0.15) is 28.7 Å². The standard InChI is InChI=1S/C21H22O7/c1-25-17-10-13(5-6-16(17)23)20-15(11-22)14-8-12(4-7-19(24)27-3)9-18(26-2)21(14)28-20/h4-10,15,20,22-23H,11H2,1-3H3/b7-4-. The molecule has 7 nitrogen and oxygen atoms in total. The number of phenols is 1. The van der Waals surface area contributed by atoms with E-state index in [4.69, 9.17) is 14.2 Å². The zero-order valence-electron chi connectivity index (χ0n) is 15.8. The van der Waals surface area contributed by atoms with Crippen LogP contribution >= 0.6 is 0 Å². The van der Waals surface area contributed by atoms with Crippen molar-refractivity contribution in [2.24, 2.45) is 0 Å². The second-order valence-electron chi connectivity index (χ2n) is 6.26. The molecule has 0 spiro atoms. The fourth-order valence-corrected chi connectivity index (χ4v) is 3.27. The Morgan fingerprint density at radius 2 is 1.89 bits per heavy atom. The fourth-order valence-electron chi connectivity index (χ4n) is 3.27. The average Bonchev–Trinajstić information content (AvgIpc) is 3.10. The van der Waals surface area contributed by atoms with E-state index in [0.717, 1.165) is 11.1 Å². The first kappa shape index (κ1) is 19.6. The summed E-state index contributed by atoms with van der Waals surface area (Å²) in [5, 5.41) is 19.9. The lowest BCUT2D eigenvalue weighted by Crippen LogP contribution is -2.13. The fraction of sp³-hybridized carbons (Fsp3) is 0.286. The highest BCUT2D eigenvalue weighted by molar-refractivity contribution is 5.87. The van der Waals surface area contributed by atoms with E-state index in [0.29, 0.717) is 22.8 Å². The second-order valence-corrected chi connectivity index (χ2v) is 6.26. The number of aromatic hydroxyl groups is 1. The Balaban J connectivity index is 2.02. The van der Waals surface area contributed by atoms with Crippen LogP contribution in [0.5, 0.6) is 23.0 Å². The smallest absolute Gasteiger partial charge is 0.330 e. The normalized spacial score (nSPS) is 17.9. The van der Waals surface area contributed by atoms with Crippen molar-refractivity contribution in [3.8, 4) is 23.0 Å². The molecule has 0 aromatic heterocycles. The monoisotopic (exact) mass is 386 g/mol. The molecule has 1 heterocycles. The molecule has 2 unspecified atom stereocenters. The topological polar surface area (TPSA) is 94.5 Å². The highest BCUT2D eigenvalue weighted by Crippen LogP contribution is 2.51. The first-order chi connectivity index (χ1) is 13.5. The molecule has 3 rings (SSSR count). The minimum Gasteiger partial charge on any atom is -0.504 e. The number of phenolic OH excluding ortho intramolecular Hbond substituents is 1. The lowest BCUT2D eigenvalue weighted by molar-refractivity contribution is -0.134. The molecule has 28 heavy (non-hydrogen) atoms. The van der Waals surface area contributed by atoms with Crippen molar-refractivity contribution < 1.29 is 34.0 Å². The van der Waals surface area contributed by atoms with Crippen molar-refractivity contribution in [1.29, 1.82) is 0 Å². The van der Waals surface area contributed by atoms with Gasteiger partial charge in [-0.1, -0.05) is 6.07 Å². The molecule has 0 saturated heterocycles. The molecule has 2 aromatic rings. The summed E-state index contributed by atoms with van der Waals surface area (Å²) in [7, 11) is 4.30.